The number of aryl methyl sites for hydroxylation is 1. The van der Waals surface area contributed by atoms with Gasteiger partial charge in [0.1, 0.15) is 0 Å². The van der Waals surface area contributed by atoms with Crippen LogP contribution < -0.4 is 10.1 Å². The van der Waals surface area contributed by atoms with Crippen LogP contribution in [-0.2, 0) is 6.54 Å². The topological polar surface area (TPSA) is 47.0 Å². The molecule has 0 atom stereocenters. The van der Waals surface area contributed by atoms with E-state index in [1.807, 2.05) is 31.5 Å². The van der Waals surface area contributed by atoms with Gasteiger partial charge in [-0.05, 0) is 26.0 Å². The number of hydrogen-bond acceptors (Lipinski definition) is 5. The first-order valence-electron chi connectivity index (χ1n) is 5.52. The maximum atomic E-state index is 5.45. The molecule has 0 aromatic carbocycles. The Morgan fingerprint density at radius 2 is 2.29 bits per heavy atom. The van der Waals surface area contributed by atoms with E-state index in [1.165, 1.54) is 4.88 Å². The van der Waals surface area contributed by atoms with E-state index in [0.717, 1.165) is 17.9 Å². The predicted octanol–water partition coefficient (Wildman–Crippen LogP) is 2.86. The Hall–Kier alpha value is -1.62. The van der Waals surface area contributed by atoms with Gasteiger partial charge in [0, 0.05) is 11.1 Å². The number of nitrogens with one attached hydrogen (secondary N) is 1. The number of ether oxygens (including phenoxy) is 1. The molecule has 2 heterocycles. The average Bonchev–Trinajstić information content (AvgIpc) is 2.74. The van der Waals surface area contributed by atoms with Crippen LogP contribution in [0.1, 0.15) is 17.5 Å². The van der Waals surface area contributed by atoms with Gasteiger partial charge in [0.25, 0.3) is 0 Å². The van der Waals surface area contributed by atoms with E-state index in [1.54, 1.807) is 17.5 Å². The maximum absolute atomic E-state index is 5.45. The van der Waals surface area contributed by atoms with Crippen molar-refractivity contribution in [1.82, 2.24) is 9.97 Å². The SMILES string of the molecule is CCOc1ncccc1NCc1scnc1C. The fraction of sp³-hybridized carbons (Fsp3) is 0.333. The number of aromatic nitrogens is 2. The number of rotatable bonds is 5. The molecule has 0 bridgehead atoms. The molecule has 0 fully saturated rings. The summed E-state index contributed by atoms with van der Waals surface area (Å²) in [5.41, 5.74) is 3.85. The Morgan fingerprint density at radius 1 is 1.41 bits per heavy atom. The Kier molecular flexibility index (Phi) is 3.93. The summed E-state index contributed by atoms with van der Waals surface area (Å²) in [4.78, 5) is 9.65. The van der Waals surface area contributed by atoms with E-state index >= 15 is 0 Å². The van der Waals surface area contributed by atoms with E-state index in [-0.39, 0.29) is 0 Å². The highest BCUT2D eigenvalue weighted by Crippen LogP contribution is 2.22. The van der Waals surface area contributed by atoms with Crippen LogP contribution in [0.2, 0.25) is 0 Å². The van der Waals surface area contributed by atoms with Crippen molar-refractivity contribution in [2.24, 2.45) is 0 Å². The van der Waals surface area contributed by atoms with Crippen molar-refractivity contribution in [3.63, 3.8) is 0 Å². The van der Waals surface area contributed by atoms with Gasteiger partial charge in [0.05, 0.1) is 30.0 Å². The Morgan fingerprint density at radius 3 is 3.00 bits per heavy atom. The van der Waals surface area contributed by atoms with E-state index in [2.05, 4.69) is 15.3 Å². The average molecular weight is 249 g/mol. The zero-order chi connectivity index (χ0) is 12.1. The lowest BCUT2D eigenvalue weighted by molar-refractivity contribution is 0.328. The van der Waals surface area contributed by atoms with Crippen LogP contribution >= 0.6 is 11.3 Å². The Balaban J connectivity index is 2.06. The fourth-order valence-electron chi connectivity index (χ4n) is 1.45. The van der Waals surface area contributed by atoms with Gasteiger partial charge in [-0.3, -0.25) is 0 Å². The molecule has 90 valence electrons. The summed E-state index contributed by atoms with van der Waals surface area (Å²) in [6.07, 6.45) is 1.73. The van der Waals surface area contributed by atoms with Gasteiger partial charge in [-0.1, -0.05) is 0 Å². The zero-order valence-corrected chi connectivity index (χ0v) is 10.8. The highest BCUT2D eigenvalue weighted by Gasteiger charge is 2.05. The lowest BCUT2D eigenvalue weighted by Gasteiger charge is -2.10. The molecule has 0 radical (unpaired) electrons. The predicted molar refractivity (Wildman–Crippen MR) is 69.6 cm³/mol. The molecule has 0 amide bonds. The third-order valence-electron chi connectivity index (χ3n) is 2.34. The van der Waals surface area contributed by atoms with Crippen LogP contribution in [0.3, 0.4) is 0 Å². The first kappa shape index (κ1) is 11.9. The van der Waals surface area contributed by atoms with Crippen LogP contribution in [0.15, 0.2) is 23.8 Å². The van der Waals surface area contributed by atoms with Crippen molar-refractivity contribution in [3.8, 4) is 5.88 Å². The molecular formula is C12H15N3OS. The molecule has 0 aliphatic heterocycles. The van der Waals surface area contributed by atoms with Crippen molar-refractivity contribution in [1.29, 1.82) is 0 Å². The monoisotopic (exact) mass is 249 g/mol. The van der Waals surface area contributed by atoms with Crippen LogP contribution in [0.25, 0.3) is 0 Å². The third kappa shape index (κ3) is 2.94. The smallest absolute Gasteiger partial charge is 0.237 e. The maximum Gasteiger partial charge on any atom is 0.237 e. The molecule has 2 aromatic heterocycles. The van der Waals surface area contributed by atoms with Gasteiger partial charge in [0.2, 0.25) is 5.88 Å². The standard InChI is InChI=1S/C12H15N3OS/c1-3-16-12-10(5-4-6-13-12)14-7-11-9(2)15-8-17-11/h4-6,8,14H,3,7H2,1-2H3. The summed E-state index contributed by atoms with van der Waals surface area (Å²) in [6.45, 7) is 5.33. The summed E-state index contributed by atoms with van der Waals surface area (Å²) in [5.74, 6) is 0.650. The second-order valence-electron chi connectivity index (χ2n) is 3.50. The number of hydrogen-bond donors (Lipinski definition) is 1. The van der Waals surface area contributed by atoms with Crippen LogP contribution in [-0.4, -0.2) is 16.6 Å². The van der Waals surface area contributed by atoms with Gasteiger partial charge >= 0.3 is 0 Å². The highest BCUT2D eigenvalue weighted by atomic mass is 32.1. The number of nitrogens with zero attached hydrogens (tertiary/aromatic N) is 2. The number of anilines is 1. The van der Waals surface area contributed by atoms with Gasteiger partial charge in [-0.15, -0.1) is 11.3 Å². The molecule has 4 nitrogen and oxygen atoms in total. The molecule has 0 aliphatic carbocycles. The fourth-order valence-corrected chi connectivity index (χ4v) is 2.17. The summed E-state index contributed by atoms with van der Waals surface area (Å²) in [5, 5.41) is 3.32. The minimum atomic E-state index is 0.616. The Labute approximate surface area is 105 Å². The minimum Gasteiger partial charge on any atom is -0.476 e. The second-order valence-corrected chi connectivity index (χ2v) is 4.44. The van der Waals surface area contributed by atoms with Gasteiger partial charge < -0.3 is 10.1 Å². The van der Waals surface area contributed by atoms with Gasteiger partial charge in [-0.2, -0.15) is 0 Å². The molecule has 0 spiro atoms. The molecule has 0 unspecified atom stereocenters. The lowest BCUT2D eigenvalue weighted by atomic mass is 10.3. The molecule has 17 heavy (non-hydrogen) atoms. The molecule has 0 saturated carbocycles. The molecule has 1 N–H and O–H groups in total. The van der Waals surface area contributed by atoms with Crippen molar-refractivity contribution < 1.29 is 4.74 Å². The zero-order valence-electron chi connectivity index (χ0n) is 9.93. The molecule has 2 rings (SSSR count). The third-order valence-corrected chi connectivity index (χ3v) is 3.27. The number of pyridine rings is 1. The van der Waals surface area contributed by atoms with Crippen LogP contribution in [0.4, 0.5) is 5.69 Å². The van der Waals surface area contributed by atoms with E-state index < -0.39 is 0 Å². The summed E-state index contributed by atoms with van der Waals surface area (Å²) in [7, 11) is 0. The summed E-state index contributed by atoms with van der Waals surface area (Å²) in [6, 6.07) is 3.86. The molecule has 2 aromatic rings. The summed E-state index contributed by atoms with van der Waals surface area (Å²) < 4.78 is 5.45. The molecule has 5 heteroatoms. The van der Waals surface area contributed by atoms with E-state index in [0.29, 0.717) is 12.5 Å². The highest BCUT2D eigenvalue weighted by molar-refractivity contribution is 7.09. The first-order chi connectivity index (χ1) is 8.31. The van der Waals surface area contributed by atoms with Crippen LogP contribution in [0.5, 0.6) is 5.88 Å². The van der Waals surface area contributed by atoms with Crippen molar-refractivity contribution >= 4 is 17.0 Å². The van der Waals surface area contributed by atoms with Crippen molar-refractivity contribution in [3.05, 3.63) is 34.4 Å². The normalized spacial score (nSPS) is 10.2. The van der Waals surface area contributed by atoms with Crippen molar-refractivity contribution in [2.75, 3.05) is 11.9 Å². The quantitative estimate of drug-likeness (QED) is 0.885. The lowest BCUT2D eigenvalue weighted by Crippen LogP contribution is -2.03. The largest absolute Gasteiger partial charge is 0.476 e. The molecule has 0 saturated heterocycles. The molecular weight excluding hydrogens is 234 g/mol. The van der Waals surface area contributed by atoms with Crippen molar-refractivity contribution in [2.45, 2.75) is 20.4 Å². The minimum absolute atomic E-state index is 0.616. The van der Waals surface area contributed by atoms with Gasteiger partial charge in [-0.25, -0.2) is 9.97 Å². The van der Waals surface area contributed by atoms with E-state index in [9.17, 15) is 0 Å². The Bertz CT molecular complexity index is 484. The second kappa shape index (κ2) is 5.63. The number of thiazole rings is 1. The van der Waals surface area contributed by atoms with Crippen LogP contribution in [0, 0.1) is 6.92 Å². The van der Waals surface area contributed by atoms with Gasteiger partial charge in [0.15, 0.2) is 0 Å². The summed E-state index contributed by atoms with van der Waals surface area (Å²) >= 11 is 1.65. The van der Waals surface area contributed by atoms with E-state index in [4.69, 9.17) is 4.74 Å². The molecule has 0 aliphatic rings. The first-order valence-corrected chi connectivity index (χ1v) is 6.40.